The van der Waals surface area contributed by atoms with Gasteiger partial charge in [-0.25, -0.2) is 24.9 Å². The average Bonchev–Trinajstić information content (AvgIpc) is 1.53. The number of ether oxygens (including phenoxy) is 1. The Labute approximate surface area is 605 Å². The van der Waals surface area contributed by atoms with Crippen molar-refractivity contribution in [1.82, 2.24) is 34.9 Å². The van der Waals surface area contributed by atoms with Crippen LogP contribution < -0.4 is 4.74 Å². The zero-order chi connectivity index (χ0) is 68.9. The molecule has 0 N–H and O–H groups in total. The van der Waals surface area contributed by atoms with E-state index in [4.69, 9.17) is 39.6 Å². The van der Waals surface area contributed by atoms with Crippen molar-refractivity contribution in [3.05, 3.63) is 391 Å². The number of fused-ring (bicyclic) bond motifs is 24. The molecule has 3 aliphatic carbocycles. The van der Waals surface area contributed by atoms with E-state index in [0.717, 1.165) is 156 Å². The minimum absolute atomic E-state index is 0.602. The van der Waals surface area contributed by atoms with Gasteiger partial charge in [-0.15, -0.1) is 0 Å². The van der Waals surface area contributed by atoms with Crippen molar-refractivity contribution in [1.29, 1.82) is 0 Å². The molecule has 7 heterocycles. The van der Waals surface area contributed by atoms with E-state index >= 15 is 0 Å². The zero-order valence-corrected chi connectivity index (χ0v) is 56.4. The summed E-state index contributed by atoms with van der Waals surface area (Å²) in [6.45, 7) is 0. The molecule has 0 bridgehead atoms. The summed E-state index contributed by atoms with van der Waals surface area (Å²) in [6.07, 6.45) is 3.61. The molecule has 2 spiro atoms. The van der Waals surface area contributed by atoms with Crippen LogP contribution in [0.3, 0.4) is 0 Å². The van der Waals surface area contributed by atoms with Crippen LogP contribution in [-0.2, 0) is 10.8 Å². The number of para-hydroxylation sites is 3. The number of hydrogen-bond acceptors (Lipinski definition) is 8. The molecule has 18 aromatic rings. The summed E-state index contributed by atoms with van der Waals surface area (Å²) in [5.74, 6) is 2.18. The molecule has 105 heavy (non-hydrogen) atoms. The lowest BCUT2D eigenvalue weighted by atomic mass is 9.65. The summed E-state index contributed by atoms with van der Waals surface area (Å²) in [4.78, 5) is 37.3. The summed E-state index contributed by atoms with van der Waals surface area (Å²) >= 11 is 0. The van der Waals surface area contributed by atoms with Crippen molar-refractivity contribution in [3.63, 3.8) is 0 Å². The summed E-state index contributed by atoms with van der Waals surface area (Å²) in [6, 6.07) is 119. The molecule has 8 heteroatoms. The maximum atomic E-state index is 7.28. The number of nitrogens with zero attached hydrogens (tertiary/aromatic N) is 7. The Morgan fingerprint density at radius 3 is 1.36 bits per heavy atom. The lowest BCUT2D eigenvalue weighted by Crippen LogP contribution is -2.32. The molecule has 1 unspecified atom stereocenters. The number of rotatable bonds is 8. The van der Waals surface area contributed by atoms with Crippen LogP contribution in [0.25, 0.3) is 156 Å². The Morgan fingerprint density at radius 2 is 0.705 bits per heavy atom. The minimum atomic E-state index is -0.810. The van der Waals surface area contributed by atoms with Crippen LogP contribution in [0.5, 0.6) is 11.5 Å². The first kappa shape index (κ1) is 58.8. The van der Waals surface area contributed by atoms with Gasteiger partial charge in [-0.1, -0.05) is 261 Å². The Bertz CT molecular complexity index is 6580. The van der Waals surface area contributed by atoms with Crippen molar-refractivity contribution in [2.45, 2.75) is 10.8 Å². The van der Waals surface area contributed by atoms with Gasteiger partial charge in [0, 0.05) is 73.1 Å². The van der Waals surface area contributed by atoms with Crippen LogP contribution in [0.15, 0.2) is 346 Å². The normalized spacial score (nSPS) is 14.3. The van der Waals surface area contributed by atoms with Crippen LogP contribution in [-0.4, -0.2) is 34.9 Å². The highest BCUT2D eigenvalue weighted by molar-refractivity contribution is 6.11. The Morgan fingerprint density at radius 1 is 0.238 bits per heavy atom. The second-order valence-corrected chi connectivity index (χ2v) is 27.6. The highest BCUT2D eigenvalue weighted by atomic mass is 16.5. The largest absolute Gasteiger partial charge is 0.457 e. The monoisotopic (exact) mass is 1340 g/mol. The standard InChI is InChI=1S/C97H57N7O/c1-3-24-59(25-4-1)91-72-54-62(49-51-80(72)102-95(104-91)71-34-23-33-70-90-88(93(103-94(70)71)60-26-5-2-6-27-60)67-30-9-14-37-75(67)96(90)73-35-12-7-28-65(73)66-29-8-13-36-74(66)96)63-48-50-78-86(57-63)105-85-43-18-16-39-77(85)97(78)76-38-15-10-31-68(76)87-89(97)69-32-11-17-40-79(69)101-92(87)61-46-44-58(45-47-61)64-55-83(81-41-19-21-52-98-81)100-84(56-64)82-42-20-22-53-99-82/h1-57H. The maximum absolute atomic E-state index is 7.28. The van der Waals surface area contributed by atoms with Gasteiger partial charge in [0.25, 0.3) is 0 Å². The number of hydrogen-bond donors (Lipinski definition) is 0. The van der Waals surface area contributed by atoms with Gasteiger partial charge >= 0.3 is 0 Å². The van der Waals surface area contributed by atoms with E-state index in [2.05, 4.69) is 297 Å². The van der Waals surface area contributed by atoms with E-state index < -0.39 is 10.8 Å². The second kappa shape index (κ2) is 22.8. The summed E-state index contributed by atoms with van der Waals surface area (Å²) in [5.41, 5.74) is 31.5. The molecule has 0 saturated heterocycles. The summed E-state index contributed by atoms with van der Waals surface area (Å²) in [7, 11) is 0. The molecule has 486 valence electrons. The number of aromatic nitrogens is 7. The zero-order valence-electron chi connectivity index (χ0n) is 56.4. The van der Waals surface area contributed by atoms with Crippen LogP contribution in [0.1, 0.15) is 44.5 Å². The van der Waals surface area contributed by atoms with Crippen LogP contribution in [0.4, 0.5) is 0 Å². The molecule has 6 aromatic heterocycles. The van der Waals surface area contributed by atoms with E-state index in [9.17, 15) is 0 Å². The fraction of sp³-hybridized carbons (Fsp3) is 0.0206. The maximum Gasteiger partial charge on any atom is 0.162 e. The first-order valence-corrected chi connectivity index (χ1v) is 35.7. The smallest absolute Gasteiger partial charge is 0.162 e. The number of benzene rings is 12. The summed E-state index contributed by atoms with van der Waals surface area (Å²) in [5, 5.41) is 3.08. The van der Waals surface area contributed by atoms with E-state index in [1.807, 2.05) is 36.4 Å². The molecule has 0 saturated carbocycles. The Kier molecular flexibility index (Phi) is 12.8. The predicted molar refractivity (Wildman–Crippen MR) is 421 cm³/mol. The van der Waals surface area contributed by atoms with Gasteiger partial charge in [0.15, 0.2) is 5.82 Å². The molecular formula is C97H57N7O. The Balaban J connectivity index is 0.702. The number of pyridine rings is 5. The topological polar surface area (TPSA) is 99.5 Å². The van der Waals surface area contributed by atoms with Crippen molar-refractivity contribution < 1.29 is 4.74 Å². The van der Waals surface area contributed by atoms with Gasteiger partial charge in [0.05, 0.1) is 67.2 Å². The van der Waals surface area contributed by atoms with Crippen molar-refractivity contribution in [2.75, 3.05) is 0 Å². The van der Waals surface area contributed by atoms with E-state index in [1.54, 1.807) is 12.4 Å². The van der Waals surface area contributed by atoms with Crippen molar-refractivity contribution in [2.24, 2.45) is 0 Å². The minimum Gasteiger partial charge on any atom is -0.457 e. The van der Waals surface area contributed by atoms with Gasteiger partial charge in [0.1, 0.15) is 11.5 Å². The van der Waals surface area contributed by atoms with Gasteiger partial charge < -0.3 is 4.74 Å². The van der Waals surface area contributed by atoms with Gasteiger partial charge in [0.2, 0.25) is 0 Å². The Hall–Kier alpha value is -14.0. The third-order valence-electron chi connectivity index (χ3n) is 22.2. The average molecular weight is 1340 g/mol. The van der Waals surface area contributed by atoms with E-state index in [1.165, 1.54) is 50.1 Å². The molecule has 1 atom stereocenters. The highest BCUT2D eigenvalue weighted by Gasteiger charge is 2.55. The summed E-state index contributed by atoms with van der Waals surface area (Å²) < 4.78 is 7.28. The van der Waals surface area contributed by atoms with Gasteiger partial charge in [-0.05, 0) is 151 Å². The fourth-order valence-electron chi connectivity index (χ4n) is 18.0. The molecule has 0 radical (unpaired) electrons. The van der Waals surface area contributed by atoms with Crippen LogP contribution >= 0.6 is 0 Å². The third kappa shape index (κ3) is 8.53. The second-order valence-electron chi connectivity index (χ2n) is 27.6. The van der Waals surface area contributed by atoms with E-state index in [0.29, 0.717) is 5.82 Å². The van der Waals surface area contributed by atoms with Crippen LogP contribution in [0.2, 0.25) is 0 Å². The molecule has 0 amide bonds. The fourth-order valence-corrected chi connectivity index (χ4v) is 18.0. The molecule has 22 rings (SSSR count). The lowest BCUT2D eigenvalue weighted by Gasteiger charge is -2.40. The lowest BCUT2D eigenvalue weighted by molar-refractivity contribution is 0.437. The van der Waals surface area contributed by atoms with Crippen molar-refractivity contribution >= 4 is 32.7 Å². The van der Waals surface area contributed by atoms with E-state index in [-0.39, 0.29) is 0 Å². The predicted octanol–water partition coefficient (Wildman–Crippen LogP) is 23.1. The van der Waals surface area contributed by atoms with Crippen molar-refractivity contribution in [3.8, 4) is 135 Å². The third-order valence-corrected chi connectivity index (χ3v) is 22.2. The van der Waals surface area contributed by atoms with Gasteiger partial charge in [-0.2, -0.15) is 0 Å². The first-order chi connectivity index (χ1) is 52.1. The highest BCUT2D eigenvalue weighted by Crippen LogP contribution is 2.67. The molecule has 8 nitrogen and oxygen atoms in total. The molecule has 4 aliphatic rings. The molecular weight excluding hydrogens is 1280 g/mol. The van der Waals surface area contributed by atoms with Gasteiger partial charge in [-0.3, -0.25) is 9.97 Å². The molecule has 0 fully saturated rings. The first-order valence-electron chi connectivity index (χ1n) is 35.7. The quantitative estimate of drug-likeness (QED) is 0.148. The molecule has 1 aliphatic heterocycles. The molecule has 12 aromatic carbocycles. The SMILES string of the molecule is c1ccc(-c2nc3c(-c4nc(-c5ccccc5)c5cc(-c6ccc7c(c6)Oc6ccccc6C76c7ccccc7-c7c(-c8ccc(-c9cc(-c%10ccccn%10)nc(-c%10ccccn%10)c9)cc8)nc8ccccc8c76)ccc5n4)cccc3c3c2-c2ccccc2C32c3ccccc3-c3ccccc32)cc1. The van der Waals surface area contributed by atoms with Crippen LogP contribution in [0, 0.1) is 0 Å².